The first-order valence-electron chi connectivity index (χ1n) is 7.54. The average Bonchev–Trinajstić information content (AvgIpc) is 3.35. The quantitative estimate of drug-likeness (QED) is 0.739. The van der Waals surface area contributed by atoms with Crippen molar-refractivity contribution >= 4 is 34.2 Å². The lowest BCUT2D eigenvalue weighted by atomic mass is 10.2. The van der Waals surface area contributed by atoms with Gasteiger partial charge in [0.2, 0.25) is 5.91 Å². The summed E-state index contributed by atoms with van der Waals surface area (Å²) in [4.78, 5) is 14.6. The molecule has 1 aliphatic carbocycles. The van der Waals surface area contributed by atoms with Crippen LogP contribution in [0, 0.1) is 3.57 Å². The Morgan fingerprint density at radius 1 is 1.09 bits per heavy atom. The number of halogens is 1. The van der Waals surface area contributed by atoms with Crippen molar-refractivity contribution in [3.8, 4) is 0 Å². The molecule has 0 heterocycles. The van der Waals surface area contributed by atoms with Crippen LogP contribution in [0.4, 0.5) is 5.69 Å². The van der Waals surface area contributed by atoms with Gasteiger partial charge in [-0.3, -0.25) is 9.69 Å². The van der Waals surface area contributed by atoms with Gasteiger partial charge in [-0.1, -0.05) is 30.3 Å². The van der Waals surface area contributed by atoms with Crippen LogP contribution in [0.5, 0.6) is 0 Å². The molecule has 0 unspecified atom stereocenters. The fourth-order valence-corrected chi connectivity index (χ4v) is 2.85. The van der Waals surface area contributed by atoms with E-state index >= 15 is 0 Å². The largest absolute Gasteiger partial charge is 0.325 e. The van der Waals surface area contributed by atoms with E-state index in [1.54, 1.807) is 0 Å². The molecule has 0 spiro atoms. The van der Waals surface area contributed by atoms with Gasteiger partial charge in [-0.25, -0.2) is 0 Å². The lowest BCUT2D eigenvalue weighted by Gasteiger charge is -2.21. The minimum atomic E-state index is 0.0593. The van der Waals surface area contributed by atoms with Crippen LogP contribution in [0.1, 0.15) is 18.4 Å². The Morgan fingerprint density at radius 3 is 2.41 bits per heavy atom. The maximum absolute atomic E-state index is 12.3. The number of carbonyl (C=O) groups excluding carboxylic acids is 1. The molecule has 3 nitrogen and oxygen atoms in total. The summed E-state index contributed by atoms with van der Waals surface area (Å²) in [5.74, 6) is 0.0593. The third kappa shape index (κ3) is 4.55. The number of anilines is 1. The molecule has 1 saturated carbocycles. The van der Waals surface area contributed by atoms with Gasteiger partial charge in [0.05, 0.1) is 6.54 Å². The molecule has 2 aromatic rings. The minimum Gasteiger partial charge on any atom is -0.325 e. The molecule has 4 heteroatoms. The minimum absolute atomic E-state index is 0.0593. The molecular weight excluding hydrogens is 387 g/mol. The van der Waals surface area contributed by atoms with E-state index in [4.69, 9.17) is 0 Å². The highest BCUT2D eigenvalue weighted by atomic mass is 127. The maximum Gasteiger partial charge on any atom is 0.238 e. The molecule has 2 aromatic carbocycles. The van der Waals surface area contributed by atoms with Crippen molar-refractivity contribution in [3.05, 3.63) is 63.7 Å². The predicted molar refractivity (Wildman–Crippen MR) is 97.7 cm³/mol. The normalized spacial score (nSPS) is 14.1. The van der Waals surface area contributed by atoms with Crippen LogP contribution in [0.25, 0.3) is 0 Å². The summed E-state index contributed by atoms with van der Waals surface area (Å²) in [7, 11) is 0. The van der Waals surface area contributed by atoms with Gasteiger partial charge in [0.25, 0.3) is 0 Å². The number of nitrogens with zero attached hydrogens (tertiary/aromatic N) is 1. The molecule has 0 saturated heterocycles. The van der Waals surface area contributed by atoms with E-state index in [1.165, 1.54) is 22.0 Å². The van der Waals surface area contributed by atoms with Crippen LogP contribution in [-0.2, 0) is 11.3 Å². The summed E-state index contributed by atoms with van der Waals surface area (Å²) in [6.07, 6.45) is 2.40. The molecule has 114 valence electrons. The number of benzene rings is 2. The number of amides is 1. The molecule has 1 amide bonds. The lowest BCUT2D eigenvalue weighted by molar-refractivity contribution is -0.117. The zero-order valence-electron chi connectivity index (χ0n) is 12.3. The number of nitrogens with one attached hydrogen (secondary N) is 1. The summed E-state index contributed by atoms with van der Waals surface area (Å²) < 4.78 is 1.17. The van der Waals surface area contributed by atoms with Gasteiger partial charge < -0.3 is 5.32 Å². The van der Waals surface area contributed by atoms with E-state index in [-0.39, 0.29) is 5.91 Å². The van der Waals surface area contributed by atoms with E-state index in [2.05, 4.69) is 44.9 Å². The molecule has 0 bridgehead atoms. The van der Waals surface area contributed by atoms with Crippen molar-refractivity contribution in [1.82, 2.24) is 4.90 Å². The Balaban J connectivity index is 1.59. The SMILES string of the molecule is O=C(CN(Cc1ccccc1)C1CC1)Nc1ccc(I)cc1. The van der Waals surface area contributed by atoms with Gasteiger partial charge in [-0.05, 0) is 65.3 Å². The van der Waals surface area contributed by atoms with E-state index in [0.29, 0.717) is 12.6 Å². The van der Waals surface area contributed by atoms with Crippen molar-refractivity contribution in [1.29, 1.82) is 0 Å². The van der Waals surface area contributed by atoms with Crippen LogP contribution in [0.2, 0.25) is 0 Å². The fraction of sp³-hybridized carbons (Fsp3) is 0.278. The molecule has 1 aliphatic rings. The highest BCUT2D eigenvalue weighted by molar-refractivity contribution is 14.1. The molecule has 3 rings (SSSR count). The molecule has 1 N–H and O–H groups in total. The third-order valence-corrected chi connectivity index (χ3v) is 4.49. The summed E-state index contributed by atoms with van der Waals surface area (Å²) in [5, 5.41) is 2.98. The molecule has 0 radical (unpaired) electrons. The first-order valence-corrected chi connectivity index (χ1v) is 8.62. The Hall–Kier alpha value is -1.40. The smallest absolute Gasteiger partial charge is 0.238 e. The van der Waals surface area contributed by atoms with Crippen LogP contribution in [0.15, 0.2) is 54.6 Å². The number of rotatable bonds is 6. The Kier molecular flexibility index (Phi) is 5.10. The third-order valence-electron chi connectivity index (χ3n) is 3.77. The van der Waals surface area contributed by atoms with Crippen molar-refractivity contribution < 1.29 is 4.79 Å². The van der Waals surface area contributed by atoms with Crippen LogP contribution in [-0.4, -0.2) is 23.4 Å². The Morgan fingerprint density at radius 2 is 1.77 bits per heavy atom. The zero-order valence-corrected chi connectivity index (χ0v) is 14.5. The Bertz CT molecular complexity index is 623. The summed E-state index contributed by atoms with van der Waals surface area (Å²) >= 11 is 2.26. The number of hydrogen-bond acceptors (Lipinski definition) is 2. The first kappa shape index (κ1) is 15.5. The molecule has 0 aromatic heterocycles. The summed E-state index contributed by atoms with van der Waals surface area (Å²) in [5.41, 5.74) is 2.12. The molecular formula is C18H19IN2O. The van der Waals surface area contributed by atoms with E-state index in [1.807, 2.05) is 42.5 Å². The van der Waals surface area contributed by atoms with Crippen molar-refractivity contribution in [2.45, 2.75) is 25.4 Å². The van der Waals surface area contributed by atoms with Gasteiger partial charge >= 0.3 is 0 Å². The van der Waals surface area contributed by atoms with Gasteiger partial charge in [0, 0.05) is 21.8 Å². The molecule has 0 aliphatic heterocycles. The fourth-order valence-electron chi connectivity index (χ4n) is 2.49. The standard InChI is InChI=1S/C18H19IN2O/c19-15-6-8-16(9-7-15)20-18(22)13-21(17-10-11-17)12-14-4-2-1-3-5-14/h1-9,17H,10-13H2,(H,20,22). The van der Waals surface area contributed by atoms with Crippen molar-refractivity contribution in [3.63, 3.8) is 0 Å². The monoisotopic (exact) mass is 406 g/mol. The van der Waals surface area contributed by atoms with Crippen LogP contribution >= 0.6 is 22.6 Å². The van der Waals surface area contributed by atoms with Crippen molar-refractivity contribution in [2.24, 2.45) is 0 Å². The van der Waals surface area contributed by atoms with Gasteiger partial charge in [-0.2, -0.15) is 0 Å². The summed E-state index contributed by atoms with van der Waals surface area (Å²) in [6.45, 7) is 1.29. The number of hydrogen-bond donors (Lipinski definition) is 1. The second-order valence-corrected chi connectivity index (χ2v) is 6.92. The topological polar surface area (TPSA) is 32.3 Å². The maximum atomic E-state index is 12.3. The molecule has 0 atom stereocenters. The second-order valence-electron chi connectivity index (χ2n) is 5.68. The summed E-state index contributed by atoms with van der Waals surface area (Å²) in [6, 6.07) is 18.8. The lowest BCUT2D eigenvalue weighted by Crippen LogP contribution is -2.34. The zero-order chi connectivity index (χ0) is 15.4. The molecule has 1 fully saturated rings. The highest BCUT2D eigenvalue weighted by Gasteiger charge is 2.30. The number of carbonyl (C=O) groups is 1. The first-order chi connectivity index (χ1) is 10.7. The predicted octanol–water partition coefficient (Wildman–Crippen LogP) is 3.89. The van der Waals surface area contributed by atoms with Gasteiger partial charge in [0.15, 0.2) is 0 Å². The van der Waals surface area contributed by atoms with E-state index in [9.17, 15) is 4.79 Å². The van der Waals surface area contributed by atoms with Gasteiger partial charge in [-0.15, -0.1) is 0 Å². The van der Waals surface area contributed by atoms with Crippen molar-refractivity contribution in [2.75, 3.05) is 11.9 Å². The van der Waals surface area contributed by atoms with Gasteiger partial charge in [0.1, 0.15) is 0 Å². The van der Waals surface area contributed by atoms with E-state index < -0.39 is 0 Å². The average molecular weight is 406 g/mol. The van der Waals surface area contributed by atoms with E-state index in [0.717, 1.165) is 12.2 Å². The molecule has 22 heavy (non-hydrogen) atoms. The Labute approximate surface area is 144 Å². The second kappa shape index (κ2) is 7.24. The highest BCUT2D eigenvalue weighted by Crippen LogP contribution is 2.28. The van der Waals surface area contributed by atoms with Crippen LogP contribution < -0.4 is 5.32 Å². The van der Waals surface area contributed by atoms with Crippen LogP contribution in [0.3, 0.4) is 0 Å².